The molecule has 1 fully saturated rings. The molecule has 0 N–H and O–H groups in total. The molecule has 156 valence electrons. The maximum absolute atomic E-state index is 13.5. The van der Waals surface area contributed by atoms with Crippen molar-refractivity contribution in [2.75, 3.05) is 44.9 Å². The van der Waals surface area contributed by atoms with Crippen LogP contribution in [0.5, 0.6) is 11.5 Å². The Hall–Kier alpha value is -3.32. The van der Waals surface area contributed by atoms with Crippen LogP contribution in [0.25, 0.3) is 5.57 Å². The molecule has 2 aliphatic heterocycles. The van der Waals surface area contributed by atoms with E-state index in [9.17, 15) is 9.59 Å². The van der Waals surface area contributed by atoms with Crippen LogP contribution in [0.4, 0.5) is 5.69 Å². The normalized spacial score (nSPS) is 17.0. The van der Waals surface area contributed by atoms with Crippen LogP contribution in [0, 0.1) is 0 Å². The highest BCUT2D eigenvalue weighted by Crippen LogP contribution is 2.36. The molecule has 0 aliphatic carbocycles. The fourth-order valence-electron chi connectivity index (χ4n) is 3.71. The van der Waals surface area contributed by atoms with Crippen molar-refractivity contribution in [2.45, 2.75) is 6.92 Å². The lowest BCUT2D eigenvalue weighted by Crippen LogP contribution is -2.40. The number of nitrogens with zero attached hydrogens (tertiary/aromatic N) is 2. The molecule has 2 aromatic rings. The number of carbonyl (C=O) groups is 2. The van der Waals surface area contributed by atoms with Crippen molar-refractivity contribution in [3.63, 3.8) is 0 Å². The second kappa shape index (κ2) is 8.59. The number of amides is 2. The van der Waals surface area contributed by atoms with E-state index in [2.05, 4.69) is 0 Å². The van der Waals surface area contributed by atoms with Gasteiger partial charge in [0, 0.05) is 13.1 Å². The molecule has 30 heavy (non-hydrogen) atoms. The lowest BCUT2D eigenvalue weighted by molar-refractivity contribution is -0.121. The van der Waals surface area contributed by atoms with E-state index in [4.69, 9.17) is 14.2 Å². The summed E-state index contributed by atoms with van der Waals surface area (Å²) in [4.78, 5) is 30.1. The van der Waals surface area contributed by atoms with Gasteiger partial charge in [0.2, 0.25) is 0 Å². The highest BCUT2D eigenvalue weighted by atomic mass is 16.5. The molecule has 0 spiro atoms. The molecule has 0 radical (unpaired) electrons. The van der Waals surface area contributed by atoms with Crippen LogP contribution < -0.4 is 14.4 Å². The van der Waals surface area contributed by atoms with Crippen molar-refractivity contribution in [3.05, 3.63) is 59.8 Å². The number of imide groups is 1. The lowest BCUT2D eigenvalue weighted by Gasteiger charge is -2.29. The zero-order valence-electron chi connectivity index (χ0n) is 17.1. The lowest BCUT2D eigenvalue weighted by atomic mass is 10.0. The minimum atomic E-state index is -0.337. The Morgan fingerprint density at radius 3 is 2.13 bits per heavy atom. The van der Waals surface area contributed by atoms with Crippen LogP contribution in [-0.2, 0) is 14.3 Å². The minimum absolute atomic E-state index is 0.323. The quantitative estimate of drug-likeness (QED) is 0.685. The third kappa shape index (κ3) is 3.64. The number of morpholine rings is 1. The smallest absolute Gasteiger partial charge is 0.282 e. The summed E-state index contributed by atoms with van der Waals surface area (Å²) < 4.78 is 16.1. The van der Waals surface area contributed by atoms with E-state index < -0.39 is 0 Å². The van der Waals surface area contributed by atoms with Crippen molar-refractivity contribution in [3.8, 4) is 11.5 Å². The Kier molecular flexibility index (Phi) is 5.72. The molecule has 0 saturated carbocycles. The first-order valence-corrected chi connectivity index (χ1v) is 9.97. The number of ether oxygens (including phenoxy) is 3. The fourth-order valence-corrected chi connectivity index (χ4v) is 3.71. The van der Waals surface area contributed by atoms with Gasteiger partial charge in [0.05, 0.1) is 38.2 Å². The molecule has 7 heteroatoms. The summed E-state index contributed by atoms with van der Waals surface area (Å²) in [6.07, 6.45) is 0. The third-order valence-electron chi connectivity index (χ3n) is 5.17. The van der Waals surface area contributed by atoms with Crippen LogP contribution >= 0.6 is 0 Å². The number of methoxy groups -OCH3 is 1. The molecule has 2 aromatic carbocycles. The van der Waals surface area contributed by atoms with Gasteiger partial charge in [-0.2, -0.15) is 0 Å². The van der Waals surface area contributed by atoms with Crippen molar-refractivity contribution in [2.24, 2.45) is 0 Å². The topological polar surface area (TPSA) is 68.3 Å². The van der Waals surface area contributed by atoms with E-state index in [1.807, 2.05) is 36.1 Å². The standard InChI is InChI=1S/C23H24N2O5/c1-3-30-19-8-4-16(5-9-19)20-21(24-12-14-29-15-13-24)23(27)25(22(20)26)17-6-10-18(28-2)11-7-17/h4-11H,3,12-15H2,1-2H3. The van der Waals surface area contributed by atoms with Crippen LogP contribution in [0.2, 0.25) is 0 Å². The molecule has 2 aliphatic rings. The highest BCUT2D eigenvalue weighted by Gasteiger charge is 2.42. The van der Waals surface area contributed by atoms with Gasteiger partial charge >= 0.3 is 0 Å². The van der Waals surface area contributed by atoms with Gasteiger partial charge in [0.15, 0.2) is 0 Å². The van der Waals surface area contributed by atoms with Crippen molar-refractivity contribution in [1.82, 2.24) is 4.90 Å². The van der Waals surface area contributed by atoms with Gasteiger partial charge in [-0.15, -0.1) is 0 Å². The van der Waals surface area contributed by atoms with E-state index >= 15 is 0 Å². The van der Waals surface area contributed by atoms with Crippen molar-refractivity contribution in [1.29, 1.82) is 0 Å². The second-order valence-corrected chi connectivity index (χ2v) is 6.92. The second-order valence-electron chi connectivity index (χ2n) is 6.92. The molecule has 4 rings (SSSR count). The molecule has 1 saturated heterocycles. The number of anilines is 1. The monoisotopic (exact) mass is 408 g/mol. The van der Waals surface area contributed by atoms with E-state index in [-0.39, 0.29) is 11.8 Å². The molecule has 0 aromatic heterocycles. The van der Waals surface area contributed by atoms with E-state index in [1.54, 1.807) is 31.4 Å². The van der Waals surface area contributed by atoms with Gasteiger partial charge in [0.1, 0.15) is 17.2 Å². The number of benzene rings is 2. The van der Waals surface area contributed by atoms with Crippen LogP contribution in [0.3, 0.4) is 0 Å². The summed E-state index contributed by atoms with van der Waals surface area (Å²) in [6.45, 7) is 4.63. The van der Waals surface area contributed by atoms with Crippen LogP contribution in [0.1, 0.15) is 12.5 Å². The van der Waals surface area contributed by atoms with Gasteiger partial charge in [-0.3, -0.25) is 9.59 Å². The van der Waals surface area contributed by atoms with E-state index in [0.717, 1.165) is 5.75 Å². The summed E-state index contributed by atoms with van der Waals surface area (Å²) in [7, 11) is 1.57. The minimum Gasteiger partial charge on any atom is -0.497 e. The van der Waals surface area contributed by atoms with E-state index in [0.29, 0.717) is 61.2 Å². The SMILES string of the molecule is CCOc1ccc(C2=C(N3CCOCC3)C(=O)N(c3ccc(OC)cc3)C2=O)cc1. The van der Waals surface area contributed by atoms with Gasteiger partial charge in [0.25, 0.3) is 11.8 Å². The Balaban J connectivity index is 1.75. The van der Waals surface area contributed by atoms with Gasteiger partial charge < -0.3 is 19.1 Å². The zero-order chi connectivity index (χ0) is 21.1. The summed E-state index contributed by atoms with van der Waals surface area (Å²) >= 11 is 0. The highest BCUT2D eigenvalue weighted by molar-refractivity contribution is 6.45. The number of rotatable bonds is 6. The molecule has 0 unspecified atom stereocenters. The largest absolute Gasteiger partial charge is 0.497 e. The number of carbonyl (C=O) groups excluding carboxylic acids is 2. The molecule has 2 amide bonds. The van der Waals surface area contributed by atoms with Gasteiger partial charge in [-0.1, -0.05) is 12.1 Å². The molecular formula is C23H24N2O5. The maximum atomic E-state index is 13.5. The number of hydrogen-bond donors (Lipinski definition) is 0. The number of hydrogen-bond acceptors (Lipinski definition) is 6. The molecular weight excluding hydrogens is 384 g/mol. The Morgan fingerprint density at radius 1 is 0.900 bits per heavy atom. The Labute approximate surface area is 175 Å². The maximum Gasteiger partial charge on any atom is 0.282 e. The fraction of sp³-hybridized carbons (Fsp3) is 0.304. The van der Waals surface area contributed by atoms with Crippen molar-refractivity contribution >= 4 is 23.1 Å². The Morgan fingerprint density at radius 2 is 1.53 bits per heavy atom. The predicted octanol–water partition coefficient (Wildman–Crippen LogP) is 2.71. The predicted molar refractivity (Wildman–Crippen MR) is 112 cm³/mol. The first-order valence-electron chi connectivity index (χ1n) is 9.97. The zero-order valence-corrected chi connectivity index (χ0v) is 17.1. The molecule has 7 nitrogen and oxygen atoms in total. The summed E-state index contributed by atoms with van der Waals surface area (Å²) in [5.41, 5.74) is 2.02. The average Bonchev–Trinajstić information content (AvgIpc) is 3.05. The van der Waals surface area contributed by atoms with Crippen LogP contribution in [-0.4, -0.2) is 56.7 Å². The molecule has 0 bridgehead atoms. The Bertz CT molecular complexity index is 960. The summed E-state index contributed by atoms with van der Waals surface area (Å²) in [5.74, 6) is 0.719. The molecule has 0 atom stereocenters. The third-order valence-corrected chi connectivity index (χ3v) is 5.17. The summed E-state index contributed by atoms with van der Waals surface area (Å²) in [6, 6.07) is 14.2. The summed E-state index contributed by atoms with van der Waals surface area (Å²) in [5, 5.41) is 0. The van der Waals surface area contributed by atoms with Crippen molar-refractivity contribution < 1.29 is 23.8 Å². The van der Waals surface area contributed by atoms with Crippen LogP contribution in [0.15, 0.2) is 54.2 Å². The molecule has 2 heterocycles. The first-order chi connectivity index (χ1) is 14.6. The van der Waals surface area contributed by atoms with Gasteiger partial charge in [-0.25, -0.2) is 4.90 Å². The average molecular weight is 408 g/mol. The first kappa shape index (κ1) is 20.0. The van der Waals surface area contributed by atoms with E-state index in [1.165, 1.54) is 4.90 Å². The van der Waals surface area contributed by atoms with Gasteiger partial charge in [-0.05, 0) is 48.9 Å².